The molecule has 0 heterocycles. The second-order valence-electron chi connectivity index (χ2n) is 6.79. The Hall–Kier alpha value is -1.06. The van der Waals surface area contributed by atoms with Gasteiger partial charge in [0, 0.05) is 13.0 Å². The Balaban J connectivity index is 1.58. The summed E-state index contributed by atoms with van der Waals surface area (Å²) in [6.07, 6.45) is 6.35. The van der Waals surface area contributed by atoms with Gasteiger partial charge in [0.2, 0.25) is 0 Å². The van der Waals surface area contributed by atoms with Gasteiger partial charge < -0.3 is 15.2 Å². The SMILES string of the molecule is CC1(C)CCC(OCCCOc2cccc(CN)c2)CC1. The largest absolute Gasteiger partial charge is 0.493 e. The topological polar surface area (TPSA) is 44.5 Å². The van der Waals surface area contributed by atoms with Crippen molar-refractivity contribution in [3.05, 3.63) is 29.8 Å². The van der Waals surface area contributed by atoms with Gasteiger partial charge >= 0.3 is 0 Å². The van der Waals surface area contributed by atoms with Crippen LogP contribution in [0.5, 0.6) is 5.75 Å². The van der Waals surface area contributed by atoms with Crippen molar-refractivity contribution in [3.8, 4) is 5.75 Å². The van der Waals surface area contributed by atoms with Gasteiger partial charge in [-0.25, -0.2) is 0 Å². The van der Waals surface area contributed by atoms with Crippen molar-refractivity contribution >= 4 is 0 Å². The van der Waals surface area contributed by atoms with E-state index in [4.69, 9.17) is 15.2 Å². The maximum atomic E-state index is 5.96. The molecule has 21 heavy (non-hydrogen) atoms. The molecule has 1 aliphatic carbocycles. The predicted molar refractivity (Wildman–Crippen MR) is 86.4 cm³/mol. The molecular weight excluding hydrogens is 262 g/mol. The summed E-state index contributed by atoms with van der Waals surface area (Å²) in [6, 6.07) is 7.98. The van der Waals surface area contributed by atoms with E-state index in [0.29, 0.717) is 24.7 Å². The Labute approximate surface area is 128 Å². The molecule has 1 saturated carbocycles. The van der Waals surface area contributed by atoms with E-state index in [9.17, 15) is 0 Å². The van der Waals surface area contributed by atoms with Gasteiger partial charge in [0.25, 0.3) is 0 Å². The van der Waals surface area contributed by atoms with Crippen LogP contribution in [0.4, 0.5) is 0 Å². The third-order valence-corrected chi connectivity index (χ3v) is 4.33. The van der Waals surface area contributed by atoms with Crippen molar-refractivity contribution in [2.45, 2.75) is 58.6 Å². The standard InChI is InChI=1S/C18H29NO2/c1-18(2)9-7-16(8-10-18)20-11-4-12-21-17-6-3-5-15(13-17)14-19/h3,5-6,13,16H,4,7-12,14,19H2,1-2H3. The lowest BCUT2D eigenvalue weighted by Crippen LogP contribution is -2.26. The van der Waals surface area contributed by atoms with Crippen molar-refractivity contribution in [2.75, 3.05) is 13.2 Å². The van der Waals surface area contributed by atoms with Crippen LogP contribution in [0.2, 0.25) is 0 Å². The molecule has 3 heteroatoms. The van der Waals surface area contributed by atoms with Crippen LogP contribution in [-0.2, 0) is 11.3 Å². The molecule has 0 spiro atoms. The molecule has 2 rings (SSSR count). The Morgan fingerprint density at radius 2 is 1.95 bits per heavy atom. The molecule has 0 aromatic heterocycles. The summed E-state index contributed by atoms with van der Waals surface area (Å²) in [4.78, 5) is 0. The summed E-state index contributed by atoms with van der Waals surface area (Å²) < 4.78 is 11.7. The molecule has 0 atom stereocenters. The van der Waals surface area contributed by atoms with Gasteiger partial charge in [-0.2, -0.15) is 0 Å². The normalized spacial score (nSPS) is 18.6. The van der Waals surface area contributed by atoms with E-state index in [1.165, 1.54) is 25.7 Å². The number of hydrogen-bond acceptors (Lipinski definition) is 3. The Bertz CT molecular complexity index is 421. The summed E-state index contributed by atoms with van der Waals surface area (Å²) in [5.41, 5.74) is 7.24. The van der Waals surface area contributed by atoms with E-state index >= 15 is 0 Å². The van der Waals surface area contributed by atoms with Gasteiger partial charge in [-0.3, -0.25) is 0 Å². The van der Waals surface area contributed by atoms with Gasteiger partial charge in [0.05, 0.1) is 19.3 Å². The third-order valence-electron chi connectivity index (χ3n) is 4.33. The van der Waals surface area contributed by atoms with Gasteiger partial charge in [0.15, 0.2) is 0 Å². The number of nitrogens with two attached hydrogens (primary N) is 1. The van der Waals surface area contributed by atoms with E-state index in [-0.39, 0.29) is 0 Å². The van der Waals surface area contributed by atoms with Gasteiger partial charge in [-0.15, -0.1) is 0 Å². The second-order valence-corrected chi connectivity index (χ2v) is 6.79. The van der Waals surface area contributed by atoms with Crippen molar-refractivity contribution in [1.82, 2.24) is 0 Å². The highest BCUT2D eigenvalue weighted by molar-refractivity contribution is 5.28. The lowest BCUT2D eigenvalue weighted by atomic mass is 9.76. The van der Waals surface area contributed by atoms with E-state index in [0.717, 1.165) is 24.3 Å². The molecule has 118 valence electrons. The predicted octanol–water partition coefficient (Wildman–Crippen LogP) is 3.90. The summed E-state index contributed by atoms with van der Waals surface area (Å²) >= 11 is 0. The average Bonchev–Trinajstić information content (AvgIpc) is 2.49. The minimum atomic E-state index is 0.457. The first-order valence-electron chi connectivity index (χ1n) is 8.12. The van der Waals surface area contributed by atoms with E-state index in [1.54, 1.807) is 0 Å². The molecule has 1 fully saturated rings. The second kappa shape index (κ2) is 7.81. The number of hydrogen-bond donors (Lipinski definition) is 1. The zero-order valence-electron chi connectivity index (χ0n) is 13.4. The summed E-state index contributed by atoms with van der Waals surface area (Å²) in [6.45, 7) is 6.76. The summed E-state index contributed by atoms with van der Waals surface area (Å²) in [7, 11) is 0. The highest BCUT2D eigenvalue weighted by Crippen LogP contribution is 2.36. The molecule has 1 aliphatic rings. The first-order valence-corrected chi connectivity index (χ1v) is 8.12. The Morgan fingerprint density at radius 1 is 1.19 bits per heavy atom. The molecule has 2 N–H and O–H groups in total. The minimum absolute atomic E-state index is 0.457. The Morgan fingerprint density at radius 3 is 2.67 bits per heavy atom. The van der Waals surface area contributed by atoms with Crippen LogP contribution in [0.15, 0.2) is 24.3 Å². The molecule has 0 saturated heterocycles. The molecule has 1 aromatic carbocycles. The zero-order valence-corrected chi connectivity index (χ0v) is 13.4. The third kappa shape index (κ3) is 5.68. The first kappa shape index (κ1) is 16.3. The molecule has 3 nitrogen and oxygen atoms in total. The molecule has 0 amide bonds. The number of ether oxygens (including phenoxy) is 2. The average molecular weight is 291 g/mol. The smallest absolute Gasteiger partial charge is 0.119 e. The van der Waals surface area contributed by atoms with E-state index in [1.807, 2.05) is 24.3 Å². The molecule has 0 aliphatic heterocycles. The number of rotatable bonds is 7. The fraction of sp³-hybridized carbons (Fsp3) is 0.667. The minimum Gasteiger partial charge on any atom is -0.493 e. The molecule has 0 bridgehead atoms. The molecular formula is C18H29NO2. The molecule has 0 unspecified atom stereocenters. The van der Waals surface area contributed by atoms with Crippen LogP contribution in [-0.4, -0.2) is 19.3 Å². The summed E-state index contributed by atoms with van der Waals surface area (Å²) in [5.74, 6) is 0.900. The highest BCUT2D eigenvalue weighted by atomic mass is 16.5. The highest BCUT2D eigenvalue weighted by Gasteiger charge is 2.26. The quantitative estimate of drug-likeness (QED) is 0.775. The Kier molecular flexibility index (Phi) is 6.07. The first-order chi connectivity index (χ1) is 10.1. The lowest BCUT2D eigenvalue weighted by Gasteiger charge is -2.34. The van der Waals surface area contributed by atoms with Crippen LogP contribution in [0.25, 0.3) is 0 Å². The van der Waals surface area contributed by atoms with Crippen molar-refractivity contribution in [3.63, 3.8) is 0 Å². The fourth-order valence-electron chi connectivity index (χ4n) is 2.80. The van der Waals surface area contributed by atoms with Crippen molar-refractivity contribution < 1.29 is 9.47 Å². The number of benzene rings is 1. The van der Waals surface area contributed by atoms with E-state index < -0.39 is 0 Å². The van der Waals surface area contributed by atoms with Crippen molar-refractivity contribution in [1.29, 1.82) is 0 Å². The van der Waals surface area contributed by atoms with Crippen LogP contribution in [0.1, 0.15) is 51.5 Å². The van der Waals surface area contributed by atoms with Crippen LogP contribution >= 0.6 is 0 Å². The van der Waals surface area contributed by atoms with Gasteiger partial charge in [0.1, 0.15) is 5.75 Å². The fourth-order valence-corrected chi connectivity index (χ4v) is 2.80. The van der Waals surface area contributed by atoms with Crippen LogP contribution in [0.3, 0.4) is 0 Å². The zero-order chi connectivity index (χ0) is 15.1. The van der Waals surface area contributed by atoms with Crippen LogP contribution in [0, 0.1) is 5.41 Å². The lowest BCUT2D eigenvalue weighted by molar-refractivity contribution is 0.000110. The van der Waals surface area contributed by atoms with Gasteiger partial charge in [-0.05, 0) is 48.8 Å². The van der Waals surface area contributed by atoms with E-state index in [2.05, 4.69) is 13.8 Å². The van der Waals surface area contributed by atoms with Crippen LogP contribution < -0.4 is 10.5 Å². The summed E-state index contributed by atoms with van der Waals surface area (Å²) in [5, 5.41) is 0. The monoisotopic (exact) mass is 291 g/mol. The van der Waals surface area contributed by atoms with Crippen molar-refractivity contribution in [2.24, 2.45) is 11.1 Å². The molecule has 1 aromatic rings. The maximum absolute atomic E-state index is 5.96. The molecule has 0 radical (unpaired) electrons. The van der Waals surface area contributed by atoms with Gasteiger partial charge in [-0.1, -0.05) is 26.0 Å². The maximum Gasteiger partial charge on any atom is 0.119 e.